The molecule has 0 spiro atoms. The number of carbonyl (C=O) groups excluding carboxylic acids is 1. The van der Waals surface area contributed by atoms with Gasteiger partial charge in [0, 0.05) is 25.2 Å². The molecular formula is C13H24N2O2. The van der Waals surface area contributed by atoms with Crippen LogP contribution in [0.2, 0.25) is 0 Å². The van der Waals surface area contributed by atoms with Crippen molar-refractivity contribution in [2.24, 2.45) is 5.92 Å². The summed E-state index contributed by atoms with van der Waals surface area (Å²) >= 11 is 0. The first kappa shape index (κ1) is 12.8. The van der Waals surface area contributed by atoms with Crippen LogP contribution in [0.25, 0.3) is 0 Å². The van der Waals surface area contributed by atoms with Gasteiger partial charge in [-0.25, -0.2) is 0 Å². The molecule has 2 N–H and O–H groups in total. The van der Waals surface area contributed by atoms with Gasteiger partial charge >= 0.3 is 0 Å². The van der Waals surface area contributed by atoms with Crippen molar-refractivity contribution in [3.05, 3.63) is 0 Å². The van der Waals surface area contributed by atoms with Crippen LogP contribution in [-0.2, 0) is 4.79 Å². The summed E-state index contributed by atoms with van der Waals surface area (Å²) in [6.45, 7) is 5.24. The van der Waals surface area contributed by atoms with E-state index in [4.69, 9.17) is 5.11 Å². The van der Waals surface area contributed by atoms with Crippen LogP contribution in [0.15, 0.2) is 0 Å². The number of carbonyl (C=O) groups is 1. The van der Waals surface area contributed by atoms with E-state index in [9.17, 15) is 4.79 Å². The lowest BCUT2D eigenvalue weighted by Gasteiger charge is -2.31. The number of nitrogens with zero attached hydrogens (tertiary/aromatic N) is 1. The molecule has 98 valence electrons. The Hall–Kier alpha value is -0.610. The van der Waals surface area contributed by atoms with Gasteiger partial charge < -0.3 is 15.3 Å². The van der Waals surface area contributed by atoms with Crippen molar-refractivity contribution in [3.8, 4) is 0 Å². The van der Waals surface area contributed by atoms with E-state index in [2.05, 4.69) is 19.2 Å². The Morgan fingerprint density at radius 1 is 1.41 bits per heavy atom. The van der Waals surface area contributed by atoms with E-state index in [1.165, 1.54) is 12.8 Å². The summed E-state index contributed by atoms with van der Waals surface area (Å²) in [5.41, 5.74) is 0. The summed E-state index contributed by atoms with van der Waals surface area (Å²) in [6.07, 6.45) is 4.05. The maximum absolute atomic E-state index is 12.3. The summed E-state index contributed by atoms with van der Waals surface area (Å²) in [6, 6.07) is 0.806. The predicted molar refractivity (Wildman–Crippen MR) is 66.6 cm³/mol. The van der Waals surface area contributed by atoms with E-state index < -0.39 is 0 Å². The summed E-state index contributed by atoms with van der Waals surface area (Å²) in [5.74, 6) is 0.648. The molecule has 17 heavy (non-hydrogen) atoms. The molecule has 0 aromatic heterocycles. The van der Waals surface area contributed by atoms with Crippen LogP contribution < -0.4 is 5.32 Å². The van der Waals surface area contributed by atoms with Crippen molar-refractivity contribution in [2.45, 2.75) is 57.7 Å². The Morgan fingerprint density at radius 3 is 2.65 bits per heavy atom. The van der Waals surface area contributed by atoms with Crippen LogP contribution in [0.1, 0.15) is 39.5 Å². The molecule has 2 unspecified atom stereocenters. The van der Waals surface area contributed by atoms with Crippen LogP contribution in [0.4, 0.5) is 0 Å². The largest absolute Gasteiger partial charge is 0.396 e. The number of nitrogens with one attached hydrogen (secondary N) is 1. The second-order valence-electron chi connectivity index (χ2n) is 5.64. The van der Waals surface area contributed by atoms with Gasteiger partial charge in [-0.2, -0.15) is 0 Å². The highest BCUT2D eigenvalue weighted by atomic mass is 16.3. The van der Waals surface area contributed by atoms with Crippen LogP contribution in [0.3, 0.4) is 0 Å². The highest BCUT2D eigenvalue weighted by Crippen LogP contribution is 2.25. The Balaban J connectivity index is 1.93. The van der Waals surface area contributed by atoms with E-state index in [0.717, 1.165) is 13.0 Å². The maximum atomic E-state index is 12.3. The van der Waals surface area contributed by atoms with E-state index in [0.29, 0.717) is 18.4 Å². The first-order chi connectivity index (χ1) is 8.13. The van der Waals surface area contributed by atoms with Gasteiger partial charge in [0.25, 0.3) is 0 Å². The van der Waals surface area contributed by atoms with E-state index in [1.54, 1.807) is 0 Å². The number of amides is 1. The standard InChI is InChI=1S/C13H24N2O2/c1-9(2)12(6-8-16)15-7-5-11(13(15)17)14-10-3-4-10/h9-12,14,16H,3-8H2,1-2H3. The molecule has 1 amide bonds. The summed E-state index contributed by atoms with van der Waals surface area (Å²) < 4.78 is 0. The van der Waals surface area contributed by atoms with Gasteiger partial charge in [0.05, 0.1) is 6.04 Å². The van der Waals surface area contributed by atoms with E-state index in [-0.39, 0.29) is 24.6 Å². The average Bonchev–Trinajstić information content (AvgIpc) is 3.02. The first-order valence-corrected chi connectivity index (χ1v) is 6.81. The quantitative estimate of drug-likeness (QED) is 0.720. The number of hydrogen-bond acceptors (Lipinski definition) is 3. The molecule has 1 saturated heterocycles. The molecule has 1 aliphatic carbocycles. The van der Waals surface area contributed by atoms with Gasteiger partial charge in [0.1, 0.15) is 0 Å². The molecule has 4 heteroatoms. The fourth-order valence-corrected chi connectivity index (χ4v) is 2.70. The lowest BCUT2D eigenvalue weighted by atomic mass is 10.00. The number of hydrogen-bond donors (Lipinski definition) is 2. The van der Waals surface area contributed by atoms with Crippen molar-refractivity contribution < 1.29 is 9.90 Å². The predicted octanol–water partition coefficient (Wildman–Crippen LogP) is 0.746. The molecule has 1 aliphatic heterocycles. The molecule has 0 aromatic carbocycles. The highest BCUT2D eigenvalue weighted by Gasteiger charge is 2.38. The fraction of sp³-hybridized carbons (Fsp3) is 0.923. The third-order valence-corrected chi connectivity index (χ3v) is 3.85. The van der Waals surface area contributed by atoms with Gasteiger partial charge in [-0.3, -0.25) is 4.79 Å². The summed E-state index contributed by atoms with van der Waals surface area (Å²) in [7, 11) is 0. The molecule has 2 aliphatic rings. The van der Waals surface area contributed by atoms with Crippen molar-refractivity contribution in [2.75, 3.05) is 13.2 Å². The molecule has 2 fully saturated rings. The van der Waals surface area contributed by atoms with Crippen LogP contribution >= 0.6 is 0 Å². The smallest absolute Gasteiger partial charge is 0.240 e. The second kappa shape index (κ2) is 5.36. The van der Waals surface area contributed by atoms with Gasteiger partial charge in [-0.1, -0.05) is 13.8 Å². The third-order valence-electron chi connectivity index (χ3n) is 3.85. The minimum atomic E-state index is 0.0300. The minimum absolute atomic E-state index is 0.0300. The molecule has 4 nitrogen and oxygen atoms in total. The first-order valence-electron chi connectivity index (χ1n) is 6.81. The average molecular weight is 240 g/mol. The normalized spacial score (nSPS) is 26.9. The number of aliphatic hydroxyl groups excluding tert-OH is 1. The monoisotopic (exact) mass is 240 g/mol. The van der Waals surface area contributed by atoms with Gasteiger partial charge in [0.15, 0.2) is 0 Å². The van der Waals surface area contributed by atoms with Crippen LogP contribution in [0, 0.1) is 5.92 Å². The summed E-state index contributed by atoms with van der Waals surface area (Å²) in [5, 5.41) is 12.5. The molecular weight excluding hydrogens is 216 g/mol. The van der Waals surface area contributed by atoms with Gasteiger partial charge in [-0.05, 0) is 31.6 Å². The number of rotatable bonds is 6. The zero-order valence-corrected chi connectivity index (χ0v) is 10.9. The zero-order valence-electron chi connectivity index (χ0n) is 10.9. The zero-order chi connectivity index (χ0) is 12.4. The third kappa shape index (κ3) is 2.99. The number of likely N-dealkylation sites (tertiary alicyclic amines) is 1. The van der Waals surface area contributed by atoms with E-state index in [1.807, 2.05) is 4.90 Å². The van der Waals surface area contributed by atoms with Crippen LogP contribution in [-0.4, -0.2) is 47.2 Å². The Labute approximate surface area is 103 Å². The van der Waals surface area contributed by atoms with Crippen molar-refractivity contribution in [1.82, 2.24) is 10.2 Å². The minimum Gasteiger partial charge on any atom is -0.396 e. The van der Waals surface area contributed by atoms with E-state index >= 15 is 0 Å². The molecule has 0 aromatic rings. The van der Waals surface area contributed by atoms with Gasteiger partial charge in [0.2, 0.25) is 5.91 Å². The second-order valence-corrected chi connectivity index (χ2v) is 5.64. The molecule has 2 rings (SSSR count). The number of aliphatic hydroxyl groups is 1. The molecule has 2 atom stereocenters. The highest BCUT2D eigenvalue weighted by molar-refractivity contribution is 5.84. The Morgan fingerprint density at radius 2 is 2.12 bits per heavy atom. The maximum Gasteiger partial charge on any atom is 0.240 e. The Kier molecular flexibility index (Phi) is 4.05. The fourth-order valence-electron chi connectivity index (χ4n) is 2.70. The van der Waals surface area contributed by atoms with Crippen molar-refractivity contribution in [1.29, 1.82) is 0 Å². The summed E-state index contributed by atoms with van der Waals surface area (Å²) in [4.78, 5) is 14.2. The van der Waals surface area contributed by atoms with Crippen molar-refractivity contribution in [3.63, 3.8) is 0 Å². The lowest BCUT2D eigenvalue weighted by Crippen LogP contribution is -2.45. The topological polar surface area (TPSA) is 52.6 Å². The van der Waals surface area contributed by atoms with Gasteiger partial charge in [-0.15, -0.1) is 0 Å². The van der Waals surface area contributed by atoms with Crippen LogP contribution in [0.5, 0.6) is 0 Å². The Bertz CT molecular complexity index is 277. The van der Waals surface area contributed by atoms with Crippen molar-refractivity contribution >= 4 is 5.91 Å². The molecule has 0 radical (unpaired) electrons. The molecule has 1 saturated carbocycles. The molecule has 0 bridgehead atoms. The molecule has 1 heterocycles. The lowest BCUT2D eigenvalue weighted by molar-refractivity contribution is -0.132. The SMILES string of the molecule is CC(C)C(CCO)N1CCC(NC2CC2)C1=O.